The molecule has 4 rings (SSSR count). The van der Waals surface area contributed by atoms with E-state index in [-0.39, 0.29) is 5.82 Å². The van der Waals surface area contributed by atoms with Crippen LogP contribution in [0.25, 0.3) is 11.5 Å². The van der Waals surface area contributed by atoms with Crippen LogP contribution in [-0.2, 0) is 5.75 Å². The van der Waals surface area contributed by atoms with E-state index < -0.39 is 0 Å². The third-order valence-electron chi connectivity index (χ3n) is 3.52. The monoisotopic (exact) mass is 378 g/mol. The Labute approximate surface area is 152 Å². The van der Waals surface area contributed by atoms with Gasteiger partial charge >= 0.3 is 0 Å². The number of hydrogen-bond acceptors (Lipinski definition) is 6. The molecule has 3 aromatic rings. The van der Waals surface area contributed by atoms with Crippen LogP contribution in [0.4, 0.5) is 4.39 Å². The number of aromatic nitrogens is 2. The van der Waals surface area contributed by atoms with Gasteiger partial charge in [0.15, 0.2) is 11.5 Å². The SMILES string of the molecule is Fc1ccc(-c2nnc(SCc3cc(Cl)c4c(c3)OCCO4)o2)cc1. The molecule has 0 amide bonds. The maximum absolute atomic E-state index is 13.0. The maximum atomic E-state index is 13.0. The molecule has 1 aliphatic heterocycles. The van der Waals surface area contributed by atoms with Crippen LogP contribution in [0.1, 0.15) is 5.56 Å². The molecular weight excluding hydrogens is 367 g/mol. The number of benzene rings is 2. The van der Waals surface area contributed by atoms with E-state index in [1.165, 1.54) is 23.9 Å². The van der Waals surface area contributed by atoms with Crippen LogP contribution < -0.4 is 9.47 Å². The lowest BCUT2D eigenvalue weighted by Crippen LogP contribution is -2.15. The fourth-order valence-electron chi connectivity index (χ4n) is 2.37. The minimum Gasteiger partial charge on any atom is -0.486 e. The van der Waals surface area contributed by atoms with Crippen molar-refractivity contribution in [3.05, 3.63) is 52.8 Å². The molecule has 0 radical (unpaired) electrons. The van der Waals surface area contributed by atoms with E-state index in [4.69, 9.17) is 25.5 Å². The van der Waals surface area contributed by atoms with Gasteiger partial charge in [-0.3, -0.25) is 0 Å². The molecule has 0 atom stereocenters. The van der Waals surface area contributed by atoms with Gasteiger partial charge in [0.05, 0.1) is 5.02 Å². The molecule has 0 saturated carbocycles. The van der Waals surface area contributed by atoms with Gasteiger partial charge in [0.2, 0.25) is 5.89 Å². The second-order valence-corrected chi connectivity index (χ2v) is 6.60. The number of halogens is 2. The molecule has 0 unspecified atom stereocenters. The lowest BCUT2D eigenvalue weighted by atomic mass is 10.2. The van der Waals surface area contributed by atoms with E-state index in [2.05, 4.69) is 10.2 Å². The van der Waals surface area contributed by atoms with Crippen molar-refractivity contribution in [1.29, 1.82) is 0 Å². The highest BCUT2D eigenvalue weighted by molar-refractivity contribution is 7.98. The lowest BCUT2D eigenvalue weighted by molar-refractivity contribution is 0.171. The third-order valence-corrected chi connectivity index (χ3v) is 4.69. The summed E-state index contributed by atoms with van der Waals surface area (Å²) in [7, 11) is 0. The molecule has 0 spiro atoms. The number of thioether (sulfide) groups is 1. The first-order valence-corrected chi connectivity index (χ1v) is 8.86. The van der Waals surface area contributed by atoms with Gasteiger partial charge < -0.3 is 13.9 Å². The fourth-order valence-corrected chi connectivity index (χ4v) is 3.35. The summed E-state index contributed by atoms with van der Waals surface area (Å²) < 4.78 is 29.6. The summed E-state index contributed by atoms with van der Waals surface area (Å²) in [4.78, 5) is 0. The number of hydrogen-bond donors (Lipinski definition) is 0. The van der Waals surface area contributed by atoms with Crippen molar-refractivity contribution in [1.82, 2.24) is 10.2 Å². The normalized spacial score (nSPS) is 13.0. The lowest BCUT2D eigenvalue weighted by Gasteiger charge is -2.20. The molecule has 5 nitrogen and oxygen atoms in total. The highest BCUT2D eigenvalue weighted by Gasteiger charge is 2.17. The fraction of sp³-hybridized carbons (Fsp3) is 0.176. The smallest absolute Gasteiger partial charge is 0.277 e. The summed E-state index contributed by atoms with van der Waals surface area (Å²) in [6.07, 6.45) is 0. The average molecular weight is 379 g/mol. The van der Waals surface area contributed by atoms with E-state index in [1.54, 1.807) is 12.1 Å². The summed E-state index contributed by atoms with van der Waals surface area (Å²) in [5.74, 6) is 1.85. The van der Waals surface area contributed by atoms with Gasteiger partial charge in [-0.05, 0) is 42.0 Å². The van der Waals surface area contributed by atoms with Crippen molar-refractivity contribution in [3.63, 3.8) is 0 Å². The van der Waals surface area contributed by atoms with Gasteiger partial charge in [0.1, 0.15) is 19.0 Å². The van der Waals surface area contributed by atoms with Crippen LogP contribution in [0.2, 0.25) is 5.02 Å². The zero-order valence-electron chi connectivity index (χ0n) is 12.9. The maximum Gasteiger partial charge on any atom is 0.277 e. The van der Waals surface area contributed by atoms with Crippen molar-refractivity contribution in [2.24, 2.45) is 0 Å². The number of fused-ring (bicyclic) bond motifs is 1. The highest BCUT2D eigenvalue weighted by atomic mass is 35.5. The molecule has 0 fully saturated rings. The van der Waals surface area contributed by atoms with Crippen molar-refractivity contribution in [3.8, 4) is 23.0 Å². The van der Waals surface area contributed by atoms with Gasteiger partial charge in [-0.2, -0.15) is 0 Å². The molecule has 2 aromatic carbocycles. The number of rotatable bonds is 4. The first kappa shape index (κ1) is 16.2. The molecule has 25 heavy (non-hydrogen) atoms. The summed E-state index contributed by atoms with van der Waals surface area (Å²) in [6.45, 7) is 1.000. The predicted octanol–water partition coefficient (Wildman–Crippen LogP) is 4.59. The van der Waals surface area contributed by atoms with E-state index in [9.17, 15) is 4.39 Å². The van der Waals surface area contributed by atoms with E-state index in [0.717, 1.165) is 5.56 Å². The first-order chi connectivity index (χ1) is 12.2. The predicted molar refractivity (Wildman–Crippen MR) is 91.7 cm³/mol. The van der Waals surface area contributed by atoms with Gasteiger partial charge in [0, 0.05) is 11.3 Å². The molecular formula is C17H12ClFN2O3S. The molecule has 0 N–H and O–H groups in total. The van der Waals surface area contributed by atoms with Crippen LogP contribution in [0, 0.1) is 5.82 Å². The first-order valence-electron chi connectivity index (χ1n) is 7.49. The Morgan fingerprint density at radius 3 is 2.72 bits per heavy atom. The van der Waals surface area contributed by atoms with Gasteiger partial charge in [0.25, 0.3) is 5.22 Å². The molecule has 1 aliphatic rings. The molecule has 1 aromatic heterocycles. The Morgan fingerprint density at radius 1 is 1.08 bits per heavy atom. The Balaban J connectivity index is 1.47. The minimum atomic E-state index is -0.312. The van der Waals surface area contributed by atoms with Crippen LogP contribution in [0.5, 0.6) is 11.5 Å². The molecule has 8 heteroatoms. The third kappa shape index (κ3) is 3.57. The summed E-state index contributed by atoms with van der Waals surface area (Å²) in [6, 6.07) is 9.62. The van der Waals surface area contributed by atoms with Crippen LogP contribution in [0.15, 0.2) is 46.0 Å². The molecule has 0 aliphatic carbocycles. The van der Waals surface area contributed by atoms with E-state index in [1.807, 2.05) is 12.1 Å². The minimum absolute atomic E-state index is 0.312. The standard InChI is InChI=1S/C17H12ClFN2O3S/c18-13-7-10(8-14-15(13)23-6-5-22-14)9-25-17-21-20-16(24-17)11-1-3-12(19)4-2-11/h1-4,7-8H,5-6,9H2. The van der Waals surface area contributed by atoms with E-state index >= 15 is 0 Å². The molecule has 2 heterocycles. The Morgan fingerprint density at radius 2 is 1.88 bits per heavy atom. The zero-order chi connectivity index (χ0) is 17.2. The Bertz CT molecular complexity index is 901. The quantitative estimate of drug-likeness (QED) is 0.619. The average Bonchev–Trinajstić information content (AvgIpc) is 3.10. The molecule has 0 bridgehead atoms. The zero-order valence-corrected chi connectivity index (χ0v) is 14.4. The molecule has 0 saturated heterocycles. The Kier molecular flexibility index (Phi) is 4.50. The van der Waals surface area contributed by atoms with Crippen LogP contribution in [-0.4, -0.2) is 23.4 Å². The number of ether oxygens (including phenoxy) is 2. The Hall–Kier alpha value is -2.25. The van der Waals surface area contributed by atoms with Crippen LogP contribution >= 0.6 is 23.4 Å². The van der Waals surface area contributed by atoms with Crippen molar-refractivity contribution >= 4 is 23.4 Å². The summed E-state index contributed by atoms with van der Waals surface area (Å²) in [5.41, 5.74) is 1.63. The van der Waals surface area contributed by atoms with Crippen molar-refractivity contribution in [2.75, 3.05) is 13.2 Å². The second-order valence-electron chi connectivity index (χ2n) is 5.27. The van der Waals surface area contributed by atoms with Gasteiger partial charge in [-0.1, -0.05) is 23.4 Å². The largest absolute Gasteiger partial charge is 0.486 e. The highest BCUT2D eigenvalue weighted by Crippen LogP contribution is 2.39. The van der Waals surface area contributed by atoms with Gasteiger partial charge in [-0.15, -0.1) is 10.2 Å². The second kappa shape index (κ2) is 6.93. The van der Waals surface area contributed by atoms with Gasteiger partial charge in [-0.25, -0.2) is 4.39 Å². The van der Waals surface area contributed by atoms with Crippen molar-refractivity contribution in [2.45, 2.75) is 11.0 Å². The van der Waals surface area contributed by atoms with Crippen LogP contribution in [0.3, 0.4) is 0 Å². The van der Waals surface area contributed by atoms with Crippen molar-refractivity contribution < 1.29 is 18.3 Å². The number of nitrogens with zero attached hydrogens (tertiary/aromatic N) is 2. The topological polar surface area (TPSA) is 57.4 Å². The summed E-state index contributed by atoms with van der Waals surface area (Å²) in [5, 5.41) is 8.93. The molecule has 128 valence electrons. The summed E-state index contributed by atoms with van der Waals surface area (Å²) >= 11 is 7.61. The van der Waals surface area contributed by atoms with E-state index in [0.29, 0.717) is 52.2 Å².